The fourth-order valence-corrected chi connectivity index (χ4v) is 0.894. The maximum absolute atomic E-state index is 10.5. The normalized spacial score (nSPS) is 11.6. The molecule has 0 unspecified atom stereocenters. The van der Waals surface area contributed by atoms with Gasteiger partial charge >= 0.3 is 5.97 Å². The van der Waals surface area contributed by atoms with Crippen LogP contribution in [0.15, 0.2) is 6.20 Å². The number of hydrogen-bond donors (Lipinski definition) is 2. The number of nitrogens with zero attached hydrogens (tertiary/aromatic N) is 3. The van der Waals surface area contributed by atoms with Crippen molar-refractivity contribution in [1.29, 1.82) is 0 Å². The minimum atomic E-state index is -1.10. The molecule has 0 spiro atoms. The summed E-state index contributed by atoms with van der Waals surface area (Å²) in [5.74, 6) is -1.10. The van der Waals surface area contributed by atoms with E-state index in [9.17, 15) is 9.90 Å². The largest absolute Gasteiger partial charge is 0.476 e. The van der Waals surface area contributed by atoms with Crippen LogP contribution in [0.25, 0.3) is 0 Å². The Morgan fingerprint density at radius 2 is 2.29 bits per heavy atom. The Bertz CT molecular complexity index is 327. The number of aromatic nitrogens is 3. The van der Waals surface area contributed by atoms with Crippen molar-refractivity contribution in [2.45, 2.75) is 32.4 Å². The molecule has 1 rings (SSSR count). The van der Waals surface area contributed by atoms with E-state index < -0.39 is 11.6 Å². The van der Waals surface area contributed by atoms with Gasteiger partial charge in [-0.05, 0) is 20.3 Å². The topological polar surface area (TPSA) is 88.2 Å². The molecule has 14 heavy (non-hydrogen) atoms. The van der Waals surface area contributed by atoms with Gasteiger partial charge in [0.25, 0.3) is 0 Å². The molecule has 0 atom stereocenters. The van der Waals surface area contributed by atoms with Crippen LogP contribution in [0.2, 0.25) is 0 Å². The summed E-state index contributed by atoms with van der Waals surface area (Å²) in [5.41, 5.74) is -0.865. The Balaban J connectivity index is 2.56. The predicted octanol–water partition coefficient (Wildman–Crippen LogP) is 0.137. The molecule has 0 aliphatic rings. The van der Waals surface area contributed by atoms with Gasteiger partial charge in [0.1, 0.15) is 0 Å². The summed E-state index contributed by atoms with van der Waals surface area (Å²) in [6.45, 7) is 3.81. The molecule has 1 aromatic rings. The second kappa shape index (κ2) is 3.75. The molecule has 0 aliphatic heterocycles. The van der Waals surface area contributed by atoms with E-state index in [0.717, 1.165) is 0 Å². The number of aliphatic hydroxyl groups is 1. The number of carboxylic acid groups (broad SMARTS) is 1. The lowest BCUT2D eigenvalue weighted by Crippen LogP contribution is -2.21. The van der Waals surface area contributed by atoms with Gasteiger partial charge in [-0.3, -0.25) is 4.68 Å². The number of aryl methyl sites for hydroxylation is 1. The van der Waals surface area contributed by atoms with Crippen LogP contribution in [0.1, 0.15) is 30.8 Å². The summed E-state index contributed by atoms with van der Waals surface area (Å²) in [4.78, 5) is 10.5. The van der Waals surface area contributed by atoms with Crippen molar-refractivity contribution in [3.8, 4) is 0 Å². The average Bonchev–Trinajstić information content (AvgIpc) is 2.47. The molecule has 0 saturated carbocycles. The molecule has 6 nitrogen and oxygen atoms in total. The summed E-state index contributed by atoms with van der Waals surface area (Å²) >= 11 is 0. The molecule has 0 bridgehead atoms. The van der Waals surface area contributed by atoms with Crippen LogP contribution in [0, 0.1) is 0 Å². The molecule has 0 saturated heterocycles. The first-order chi connectivity index (χ1) is 6.38. The standard InChI is InChI=1S/C8H13N3O3/c1-8(2,14)3-4-11-5-6(7(12)13)9-10-11/h5,14H,3-4H2,1-2H3,(H,12,13). The van der Waals surface area contributed by atoms with Gasteiger partial charge in [-0.2, -0.15) is 0 Å². The Morgan fingerprint density at radius 1 is 1.64 bits per heavy atom. The van der Waals surface area contributed by atoms with E-state index in [1.165, 1.54) is 10.9 Å². The third-order valence-corrected chi connectivity index (χ3v) is 1.71. The number of aromatic carboxylic acids is 1. The van der Waals surface area contributed by atoms with E-state index in [-0.39, 0.29) is 5.69 Å². The SMILES string of the molecule is CC(C)(O)CCn1cc(C(=O)O)nn1. The molecule has 6 heteroatoms. The second-order valence-corrected chi connectivity index (χ2v) is 3.73. The molecule has 0 aromatic carbocycles. The lowest BCUT2D eigenvalue weighted by Gasteiger charge is -2.15. The molecule has 0 fully saturated rings. The Labute approximate surface area is 81.2 Å². The van der Waals surface area contributed by atoms with Crippen LogP contribution in [-0.4, -0.2) is 36.8 Å². The average molecular weight is 199 g/mol. The zero-order valence-electron chi connectivity index (χ0n) is 8.14. The van der Waals surface area contributed by atoms with Crippen molar-refractivity contribution in [2.75, 3.05) is 0 Å². The first kappa shape index (κ1) is 10.6. The highest BCUT2D eigenvalue weighted by Crippen LogP contribution is 2.08. The van der Waals surface area contributed by atoms with E-state index in [1.54, 1.807) is 13.8 Å². The first-order valence-electron chi connectivity index (χ1n) is 4.24. The Morgan fingerprint density at radius 3 is 2.71 bits per heavy atom. The van der Waals surface area contributed by atoms with E-state index in [2.05, 4.69) is 10.3 Å². The van der Waals surface area contributed by atoms with E-state index in [4.69, 9.17) is 5.11 Å². The maximum Gasteiger partial charge on any atom is 0.358 e. The zero-order valence-corrected chi connectivity index (χ0v) is 8.14. The van der Waals surface area contributed by atoms with Crippen molar-refractivity contribution in [1.82, 2.24) is 15.0 Å². The smallest absolute Gasteiger partial charge is 0.358 e. The van der Waals surface area contributed by atoms with Crippen molar-refractivity contribution < 1.29 is 15.0 Å². The highest BCUT2D eigenvalue weighted by atomic mass is 16.4. The summed E-state index contributed by atoms with van der Waals surface area (Å²) in [6.07, 6.45) is 1.84. The van der Waals surface area contributed by atoms with Crippen molar-refractivity contribution in [2.24, 2.45) is 0 Å². The fraction of sp³-hybridized carbons (Fsp3) is 0.625. The van der Waals surface area contributed by atoms with Crippen molar-refractivity contribution in [3.05, 3.63) is 11.9 Å². The van der Waals surface area contributed by atoms with Crippen molar-refractivity contribution >= 4 is 5.97 Å². The lowest BCUT2D eigenvalue weighted by molar-refractivity contribution is 0.0649. The predicted molar refractivity (Wildman–Crippen MR) is 47.9 cm³/mol. The molecular weight excluding hydrogens is 186 g/mol. The molecule has 1 aromatic heterocycles. The third kappa shape index (κ3) is 3.14. The molecule has 78 valence electrons. The summed E-state index contributed by atoms with van der Waals surface area (Å²) < 4.78 is 1.40. The second-order valence-electron chi connectivity index (χ2n) is 3.73. The quantitative estimate of drug-likeness (QED) is 0.720. The summed E-state index contributed by atoms with van der Waals surface area (Å²) in [5, 5.41) is 25.0. The highest BCUT2D eigenvalue weighted by molar-refractivity contribution is 5.84. The van der Waals surface area contributed by atoms with Crippen LogP contribution < -0.4 is 0 Å². The third-order valence-electron chi connectivity index (χ3n) is 1.71. The number of carbonyl (C=O) groups is 1. The van der Waals surface area contributed by atoms with Crippen LogP contribution >= 0.6 is 0 Å². The number of rotatable bonds is 4. The lowest BCUT2D eigenvalue weighted by atomic mass is 10.1. The molecule has 2 N–H and O–H groups in total. The van der Waals surface area contributed by atoms with Gasteiger partial charge in [0.2, 0.25) is 0 Å². The number of hydrogen-bond acceptors (Lipinski definition) is 4. The van der Waals surface area contributed by atoms with E-state index in [1.807, 2.05) is 0 Å². The fourth-order valence-electron chi connectivity index (χ4n) is 0.894. The summed E-state index contributed by atoms with van der Waals surface area (Å²) in [6, 6.07) is 0. The van der Waals surface area contributed by atoms with Gasteiger partial charge in [-0.15, -0.1) is 5.10 Å². The summed E-state index contributed by atoms with van der Waals surface area (Å²) in [7, 11) is 0. The number of carboxylic acids is 1. The molecule has 0 aliphatic carbocycles. The van der Waals surface area contributed by atoms with Gasteiger partial charge < -0.3 is 10.2 Å². The van der Waals surface area contributed by atoms with Gasteiger partial charge in [0.15, 0.2) is 5.69 Å². The van der Waals surface area contributed by atoms with E-state index >= 15 is 0 Å². The van der Waals surface area contributed by atoms with Crippen LogP contribution in [0.3, 0.4) is 0 Å². The molecule has 0 amide bonds. The van der Waals surface area contributed by atoms with Gasteiger partial charge in [0.05, 0.1) is 11.8 Å². The van der Waals surface area contributed by atoms with Crippen LogP contribution in [-0.2, 0) is 6.54 Å². The van der Waals surface area contributed by atoms with Crippen LogP contribution in [0.4, 0.5) is 0 Å². The minimum absolute atomic E-state index is 0.0826. The first-order valence-corrected chi connectivity index (χ1v) is 4.24. The van der Waals surface area contributed by atoms with E-state index in [0.29, 0.717) is 13.0 Å². The molecule has 0 radical (unpaired) electrons. The van der Waals surface area contributed by atoms with Crippen LogP contribution in [0.5, 0.6) is 0 Å². The van der Waals surface area contributed by atoms with Crippen molar-refractivity contribution in [3.63, 3.8) is 0 Å². The Kier molecular flexibility index (Phi) is 2.85. The maximum atomic E-state index is 10.5. The van der Waals surface area contributed by atoms with Gasteiger partial charge in [-0.1, -0.05) is 5.21 Å². The Hall–Kier alpha value is -1.43. The monoisotopic (exact) mass is 199 g/mol. The zero-order chi connectivity index (χ0) is 10.8. The molecule has 1 heterocycles. The minimum Gasteiger partial charge on any atom is -0.476 e. The van der Waals surface area contributed by atoms with Gasteiger partial charge in [-0.25, -0.2) is 4.79 Å². The molecular formula is C8H13N3O3. The highest BCUT2D eigenvalue weighted by Gasteiger charge is 2.14. The van der Waals surface area contributed by atoms with Gasteiger partial charge in [0, 0.05) is 6.54 Å².